The Kier molecular flexibility index (Phi) is 6.52. The van der Waals surface area contributed by atoms with Crippen LogP contribution in [0.4, 0.5) is 11.4 Å². The molecule has 0 aliphatic heterocycles. The molecule has 0 saturated heterocycles. The van der Waals surface area contributed by atoms with Crippen LogP contribution in [-0.4, -0.2) is 26.7 Å². The quantitative estimate of drug-likeness (QED) is 0.614. The molecule has 3 rings (SSSR count). The van der Waals surface area contributed by atoms with E-state index in [0.717, 1.165) is 17.7 Å². The Balaban J connectivity index is 1.65. The molecule has 0 aromatic heterocycles. The molecule has 1 amide bonds. The largest absolute Gasteiger partial charge is 0.497 e. The van der Waals surface area contributed by atoms with Crippen LogP contribution in [0.5, 0.6) is 11.5 Å². The predicted octanol–water partition coefficient (Wildman–Crippen LogP) is 4.35. The number of hydrogen-bond donors (Lipinski definition) is 2. The van der Waals surface area contributed by atoms with E-state index in [2.05, 4.69) is 28.8 Å². The van der Waals surface area contributed by atoms with Gasteiger partial charge in [-0.15, -0.1) is 0 Å². The second-order valence-corrected chi connectivity index (χ2v) is 6.29. The van der Waals surface area contributed by atoms with E-state index in [4.69, 9.17) is 9.47 Å². The standard InChI is InChI=1S/C23H24N2O3/c1-27-19-12-13-22(28-2)21(15-19)25-23(26)16-24-20-11-7-6-10-18(20)14-17-8-4-3-5-9-17/h3-13,15,24H,14,16H2,1-2H3,(H,25,26). The van der Waals surface area contributed by atoms with E-state index in [0.29, 0.717) is 17.2 Å². The number of nitrogens with one attached hydrogen (secondary N) is 2. The Morgan fingerprint density at radius 1 is 0.857 bits per heavy atom. The molecule has 3 aromatic rings. The van der Waals surface area contributed by atoms with Crippen LogP contribution in [0, 0.1) is 0 Å². The number of ether oxygens (including phenoxy) is 2. The molecule has 0 bridgehead atoms. The molecule has 0 unspecified atom stereocenters. The lowest BCUT2D eigenvalue weighted by molar-refractivity contribution is -0.114. The summed E-state index contributed by atoms with van der Waals surface area (Å²) in [7, 11) is 3.15. The van der Waals surface area contributed by atoms with E-state index in [1.165, 1.54) is 5.56 Å². The lowest BCUT2D eigenvalue weighted by Gasteiger charge is -2.14. The van der Waals surface area contributed by atoms with Gasteiger partial charge in [-0.1, -0.05) is 48.5 Å². The fourth-order valence-electron chi connectivity index (χ4n) is 2.94. The minimum Gasteiger partial charge on any atom is -0.497 e. The highest BCUT2D eigenvalue weighted by molar-refractivity contribution is 5.95. The summed E-state index contributed by atoms with van der Waals surface area (Å²) in [5.41, 5.74) is 3.88. The van der Waals surface area contributed by atoms with Crippen LogP contribution in [0.15, 0.2) is 72.8 Å². The van der Waals surface area contributed by atoms with Crippen LogP contribution in [0.25, 0.3) is 0 Å². The van der Waals surface area contributed by atoms with Gasteiger partial charge in [0.25, 0.3) is 0 Å². The zero-order valence-corrected chi connectivity index (χ0v) is 16.1. The summed E-state index contributed by atoms with van der Waals surface area (Å²) in [5, 5.41) is 6.10. The molecule has 0 radical (unpaired) electrons. The van der Waals surface area contributed by atoms with Crippen LogP contribution in [-0.2, 0) is 11.2 Å². The van der Waals surface area contributed by atoms with Crippen LogP contribution < -0.4 is 20.1 Å². The van der Waals surface area contributed by atoms with Crippen molar-refractivity contribution in [2.75, 3.05) is 31.4 Å². The van der Waals surface area contributed by atoms with Gasteiger partial charge in [-0.3, -0.25) is 4.79 Å². The number of carbonyl (C=O) groups excluding carboxylic acids is 1. The Morgan fingerprint density at radius 3 is 2.36 bits per heavy atom. The second kappa shape index (κ2) is 9.46. The Morgan fingerprint density at radius 2 is 1.61 bits per heavy atom. The molecular weight excluding hydrogens is 352 g/mol. The van der Waals surface area contributed by atoms with Crippen LogP contribution >= 0.6 is 0 Å². The van der Waals surface area contributed by atoms with Crippen molar-refractivity contribution in [3.63, 3.8) is 0 Å². The minimum absolute atomic E-state index is 0.145. The summed E-state index contributed by atoms with van der Waals surface area (Å²) in [4.78, 5) is 12.5. The van der Waals surface area contributed by atoms with Gasteiger partial charge in [0.2, 0.25) is 5.91 Å². The fourth-order valence-corrected chi connectivity index (χ4v) is 2.94. The van der Waals surface area contributed by atoms with Crippen molar-refractivity contribution in [1.82, 2.24) is 0 Å². The van der Waals surface area contributed by atoms with E-state index >= 15 is 0 Å². The highest BCUT2D eigenvalue weighted by atomic mass is 16.5. The molecule has 0 saturated carbocycles. The zero-order chi connectivity index (χ0) is 19.8. The van der Waals surface area contributed by atoms with Crippen molar-refractivity contribution in [3.05, 3.63) is 83.9 Å². The SMILES string of the molecule is COc1ccc(OC)c(NC(=O)CNc2ccccc2Cc2ccccc2)c1. The van der Waals surface area contributed by atoms with Gasteiger partial charge in [-0.05, 0) is 35.7 Å². The normalized spacial score (nSPS) is 10.2. The van der Waals surface area contributed by atoms with Crippen LogP contribution in [0.3, 0.4) is 0 Å². The first-order valence-corrected chi connectivity index (χ1v) is 9.07. The van der Waals surface area contributed by atoms with Gasteiger partial charge in [0.05, 0.1) is 26.5 Å². The maximum atomic E-state index is 12.5. The number of methoxy groups -OCH3 is 2. The molecule has 28 heavy (non-hydrogen) atoms. The van der Waals surface area contributed by atoms with E-state index in [-0.39, 0.29) is 12.5 Å². The highest BCUT2D eigenvalue weighted by Crippen LogP contribution is 2.28. The number of anilines is 2. The van der Waals surface area contributed by atoms with Gasteiger partial charge in [0.1, 0.15) is 11.5 Å². The third-order valence-electron chi connectivity index (χ3n) is 4.37. The summed E-state index contributed by atoms with van der Waals surface area (Å²) in [6.07, 6.45) is 0.801. The maximum Gasteiger partial charge on any atom is 0.243 e. The monoisotopic (exact) mass is 376 g/mol. The maximum absolute atomic E-state index is 12.5. The number of rotatable bonds is 8. The summed E-state index contributed by atoms with van der Waals surface area (Å²) in [6, 6.07) is 23.5. The van der Waals surface area contributed by atoms with Crippen LogP contribution in [0.1, 0.15) is 11.1 Å². The molecule has 144 valence electrons. The Bertz CT molecular complexity index is 926. The van der Waals surface area contributed by atoms with Gasteiger partial charge >= 0.3 is 0 Å². The molecule has 0 heterocycles. The third kappa shape index (κ3) is 5.04. The second-order valence-electron chi connectivity index (χ2n) is 6.29. The highest BCUT2D eigenvalue weighted by Gasteiger charge is 2.10. The molecule has 0 fully saturated rings. The first kappa shape index (κ1) is 19.3. The molecular formula is C23H24N2O3. The molecule has 3 aromatic carbocycles. The van der Waals surface area contributed by atoms with Crippen molar-refractivity contribution in [2.45, 2.75) is 6.42 Å². The summed E-state index contributed by atoms with van der Waals surface area (Å²) < 4.78 is 10.5. The number of para-hydroxylation sites is 1. The lowest BCUT2D eigenvalue weighted by atomic mass is 10.0. The average molecular weight is 376 g/mol. The molecule has 5 nitrogen and oxygen atoms in total. The molecule has 2 N–H and O–H groups in total. The molecule has 0 aliphatic carbocycles. The first-order valence-electron chi connectivity index (χ1n) is 9.07. The van der Waals surface area contributed by atoms with E-state index in [1.807, 2.05) is 36.4 Å². The smallest absolute Gasteiger partial charge is 0.243 e. The molecule has 0 aliphatic rings. The van der Waals surface area contributed by atoms with Gasteiger partial charge in [0.15, 0.2) is 0 Å². The molecule has 0 atom stereocenters. The zero-order valence-electron chi connectivity index (χ0n) is 16.1. The predicted molar refractivity (Wildman–Crippen MR) is 112 cm³/mol. The van der Waals surface area contributed by atoms with Gasteiger partial charge < -0.3 is 20.1 Å². The third-order valence-corrected chi connectivity index (χ3v) is 4.37. The van der Waals surface area contributed by atoms with Gasteiger partial charge in [0, 0.05) is 11.8 Å². The molecule has 0 spiro atoms. The van der Waals surface area contributed by atoms with Crippen molar-refractivity contribution < 1.29 is 14.3 Å². The average Bonchev–Trinajstić information content (AvgIpc) is 2.74. The van der Waals surface area contributed by atoms with E-state index in [9.17, 15) is 4.79 Å². The number of amides is 1. The van der Waals surface area contributed by atoms with Crippen molar-refractivity contribution >= 4 is 17.3 Å². The van der Waals surface area contributed by atoms with Crippen LogP contribution in [0.2, 0.25) is 0 Å². The number of carbonyl (C=O) groups is 1. The topological polar surface area (TPSA) is 59.6 Å². The fraction of sp³-hybridized carbons (Fsp3) is 0.174. The number of benzene rings is 3. The van der Waals surface area contributed by atoms with E-state index < -0.39 is 0 Å². The van der Waals surface area contributed by atoms with Crippen molar-refractivity contribution in [2.24, 2.45) is 0 Å². The Labute approximate surface area is 165 Å². The Hall–Kier alpha value is -3.47. The molecule has 5 heteroatoms. The minimum atomic E-state index is -0.166. The summed E-state index contributed by atoms with van der Waals surface area (Å²) in [6.45, 7) is 0.145. The van der Waals surface area contributed by atoms with Crippen molar-refractivity contribution in [3.8, 4) is 11.5 Å². The number of hydrogen-bond acceptors (Lipinski definition) is 4. The van der Waals surface area contributed by atoms with E-state index in [1.54, 1.807) is 32.4 Å². The lowest BCUT2D eigenvalue weighted by Crippen LogP contribution is -2.22. The summed E-state index contributed by atoms with van der Waals surface area (Å²) >= 11 is 0. The van der Waals surface area contributed by atoms with Gasteiger partial charge in [-0.25, -0.2) is 0 Å². The van der Waals surface area contributed by atoms with Gasteiger partial charge in [-0.2, -0.15) is 0 Å². The van der Waals surface area contributed by atoms with Crippen molar-refractivity contribution in [1.29, 1.82) is 0 Å². The summed E-state index contributed by atoms with van der Waals surface area (Å²) in [5.74, 6) is 1.07. The first-order chi connectivity index (χ1) is 13.7.